The highest BCUT2D eigenvalue weighted by Gasteiger charge is 2.18. The zero-order chi connectivity index (χ0) is 11.5. The second-order valence-electron chi connectivity index (χ2n) is 4.55. The zero-order valence-electron chi connectivity index (χ0n) is 9.82. The lowest BCUT2D eigenvalue weighted by Crippen LogP contribution is -2.36. The van der Waals surface area contributed by atoms with Gasteiger partial charge in [-0.3, -0.25) is 0 Å². The van der Waals surface area contributed by atoms with Crippen LogP contribution in [0.5, 0.6) is 0 Å². The first-order valence-electron chi connectivity index (χ1n) is 5.93. The molecule has 3 N–H and O–H groups in total. The number of hydrogen-bond donors (Lipinski definition) is 2. The Balaban J connectivity index is 2.21. The molecule has 3 nitrogen and oxygen atoms in total. The summed E-state index contributed by atoms with van der Waals surface area (Å²) in [5, 5.41) is 9.50. The predicted molar refractivity (Wildman–Crippen MR) is 66.5 cm³/mol. The van der Waals surface area contributed by atoms with Gasteiger partial charge in [-0.05, 0) is 37.0 Å². The summed E-state index contributed by atoms with van der Waals surface area (Å²) in [5.41, 5.74) is 9.46. The molecule has 0 aliphatic carbocycles. The first-order valence-corrected chi connectivity index (χ1v) is 5.93. The Bertz CT molecular complexity index is 357. The highest BCUT2D eigenvalue weighted by atomic mass is 16.3. The van der Waals surface area contributed by atoms with Gasteiger partial charge in [0.1, 0.15) is 0 Å². The van der Waals surface area contributed by atoms with Crippen LogP contribution in [0.1, 0.15) is 24.0 Å². The Labute approximate surface area is 96.9 Å². The van der Waals surface area contributed by atoms with Gasteiger partial charge in [0, 0.05) is 25.3 Å². The van der Waals surface area contributed by atoms with Gasteiger partial charge in [-0.2, -0.15) is 0 Å². The van der Waals surface area contributed by atoms with Crippen LogP contribution >= 0.6 is 0 Å². The molecular formula is C13H20N2O. The Hall–Kier alpha value is -1.06. The number of anilines is 1. The molecule has 16 heavy (non-hydrogen) atoms. The monoisotopic (exact) mass is 220 g/mol. The highest BCUT2D eigenvalue weighted by molar-refractivity contribution is 5.55. The lowest BCUT2D eigenvalue weighted by Gasteiger charge is -2.33. The largest absolute Gasteiger partial charge is 0.393 e. The number of benzene rings is 1. The van der Waals surface area contributed by atoms with Crippen molar-refractivity contribution in [1.82, 2.24) is 0 Å². The number of hydrogen-bond acceptors (Lipinski definition) is 3. The Morgan fingerprint density at radius 1 is 1.38 bits per heavy atom. The van der Waals surface area contributed by atoms with Crippen LogP contribution < -0.4 is 10.6 Å². The lowest BCUT2D eigenvalue weighted by molar-refractivity contribution is 0.145. The fourth-order valence-corrected chi connectivity index (χ4v) is 2.25. The third-order valence-electron chi connectivity index (χ3n) is 3.27. The van der Waals surface area contributed by atoms with E-state index in [1.165, 1.54) is 16.8 Å². The molecule has 1 saturated heterocycles. The van der Waals surface area contributed by atoms with E-state index in [-0.39, 0.29) is 6.10 Å². The van der Waals surface area contributed by atoms with E-state index in [2.05, 4.69) is 30.0 Å². The van der Waals surface area contributed by atoms with Crippen molar-refractivity contribution in [2.24, 2.45) is 5.73 Å². The lowest BCUT2D eigenvalue weighted by atomic mass is 10.0. The quantitative estimate of drug-likeness (QED) is 0.792. The Kier molecular flexibility index (Phi) is 3.46. The van der Waals surface area contributed by atoms with E-state index in [1.807, 2.05) is 0 Å². The molecule has 1 aliphatic heterocycles. The van der Waals surface area contributed by atoms with Crippen LogP contribution in [0.15, 0.2) is 18.2 Å². The standard InChI is InChI=1S/C13H20N2O/c1-10-2-3-11(9-14)13(8-10)15-6-4-12(16)5-7-15/h2-3,8,12,16H,4-7,9,14H2,1H3. The van der Waals surface area contributed by atoms with Gasteiger partial charge in [-0.15, -0.1) is 0 Å². The van der Waals surface area contributed by atoms with Gasteiger partial charge in [-0.1, -0.05) is 12.1 Å². The van der Waals surface area contributed by atoms with Gasteiger partial charge < -0.3 is 15.7 Å². The fraction of sp³-hybridized carbons (Fsp3) is 0.538. The van der Waals surface area contributed by atoms with Crippen LogP contribution in [-0.4, -0.2) is 24.3 Å². The number of piperidine rings is 1. The zero-order valence-corrected chi connectivity index (χ0v) is 9.82. The maximum absolute atomic E-state index is 9.50. The molecule has 0 spiro atoms. The van der Waals surface area contributed by atoms with Crippen LogP contribution in [0.3, 0.4) is 0 Å². The second-order valence-corrected chi connectivity index (χ2v) is 4.55. The van der Waals surface area contributed by atoms with Crippen LogP contribution in [0, 0.1) is 6.92 Å². The predicted octanol–water partition coefficient (Wildman–Crippen LogP) is 1.41. The molecule has 1 aliphatic rings. The third-order valence-corrected chi connectivity index (χ3v) is 3.27. The summed E-state index contributed by atoms with van der Waals surface area (Å²) < 4.78 is 0. The molecule has 88 valence electrons. The molecule has 0 aromatic heterocycles. The average molecular weight is 220 g/mol. The molecule has 0 radical (unpaired) electrons. The van der Waals surface area contributed by atoms with Crippen LogP contribution in [-0.2, 0) is 6.54 Å². The topological polar surface area (TPSA) is 49.5 Å². The summed E-state index contributed by atoms with van der Waals surface area (Å²) in [6, 6.07) is 6.40. The van der Waals surface area contributed by atoms with E-state index in [9.17, 15) is 5.11 Å². The van der Waals surface area contributed by atoms with Gasteiger partial charge in [0.05, 0.1) is 6.10 Å². The maximum atomic E-state index is 9.50. The molecule has 1 fully saturated rings. The van der Waals surface area contributed by atoms with Crippen molar-refractivity contribution in [3.63, 3.8) is 0 Å². The van der Waals surface area contributed by atoms with E-state index < -0.39 is 0 Å². The number of aryl methyl sites for hydroxylation is 1. The first-order chi connectivity index (χ1) is 7.70. The van der Waals surface area contributed by atoms with Crippen molar-refractivity contribution in [2.45, 2.75) is 32.4 Å². The van der Waals surface area contributed by atoms with E-state index in [0.29, 0.717) is 6.54 Å². The Morgan fingerprint density at radius 3 is 2.69 bits per heavy atom. The molecule has 0 atom stereocenters. The van der Waals surface area contributed by atoms with Crippen molar-refractivity contribution < 1.29 is 5.11 Å². The number of aliphatic hydroxyl groups is 1. The van der Waals surface area contributed by atoms with E-state index in [0.717, 1.165) is 25.9 Å². The number of rotatable bonds is 2. The number of nitrogens with zero attached hydrogens (tertiary/aromatic N) is 1. The normalized spacial score (nSPS) is 17.8. The summed E-state index contributed by atoms with van der Waals surface area (Å²) in [6.07, 6.45) is 1.60. The maximum Gasteiger partial charge on any atom is 0.0574 e. The molecule has 1 aromatic rings. The molecular weight excluding hydrogens is 200 g/mol. The SMILES string of the molecule is Cc1ccc(CN)c(N2CCC(O)CC2)c1. The summed E-state index contributed by atoms with van der Waals surface area (Å²) in [4.78, 5) is 2.34. The van der Waals surface area contributed by atoms with E-state index in [1.54, 1.807) is 0 Å². The van der Waals surface area contributed by atoms with Crippen molar-refractivity contribution >= 4 is 5.69 Å². The van der Waals surface area contributed by atoms with Gasteiger partial charge in [-0.25, -0.2) is 0 Å². The van der Waals surface area contributed by atoms with Crippen LogP contribution in [0.2, 0.25) is 0 Å². The van der Waals surface area contributed by atoms with Crippen molar-refractivity contribution in [2.75, 3.05) is 18.0 Å². The van der Waals surface area contributed by atoms with E-state index in [4.69, 9.17) is 5.73 Å². The number of aliphatic hydroxyl groups excluding tert-OH is 1. The molecule has 0 amide bonds. The first kappa shape index (κ1) is 11.4. The van der Waals surface area contributed by atoms with Gasteiger partial charge in [0.2, 0.25) is 0 Å². The van der Waals surface area contributed by atoms with Gasteiger partial charge in [0.25, 0.3) is 0 Å². The second kappa shape index (κ2) is 4.85. The minimum atomic E-state index is -0.123. The number of nitrogens with two attached hydrogens (primary N) is 1. The van der Waals surface area contributed by atoms with Gasteiger partial charge >= 0.3 is 0 Å². The Morgan fingerprint density at radius 2 is 2.06 bits per heavy atom. The summed E-state index contributed by atoms with van der Waals surface area (Å²) >= 11 is 0. The van der Waals surface area contributed by atoms with Crippen molar-refractivity contribution in [1.29, 1.82) is 0 Å². The summed E-state index contributed by atoms with van der Waals surface area (Å²) in [6.45, 7) is 4.53. The summed E-state index contributed by atoms with van der Waals surface area (Å²) in [7, 11) is 0. The minimum Gasteiger partial charge on any atom is -0.393 e. The third kappa shape index (κ3) is 2.36. The fourth-order valence-electron chi connectivity index (χ4n) is 2.25. The molecule has 3 heteroatoms. The molecule has 0 unspecified atom stereocenters. The van der Waals surface area contributed by atoms with E-state index >= 15 is 0 Å². The highest BCUT2D eigenvalue weighted by Crippen LogP contribution is 2.25. The van der Waals surface area contributed by atoms with Crippen molar-refractivity contribution in [3.8, 4) is 0 Å². The van der Waals surface area contributed by atoms with Crippen LogP contribution in [0.25, 0.3) is 0 Å². The van der Waals surface area contributed by atoms with Gasteiger partial charge in [0.15, 0.2) is 0 Å². The molecule has 1 heterocycles. The smallest absolute Gasteiger partial charge is 0.0574 e. The average Bonchev–Trinajstić information content (AvgIpc) is 2.30. The molecule has 1 aromatic carbocycles. The summed E-state index contributed by atoms with van der Waals surface area (Å²) in [5.74, 6) is 0. The minimum absolute atomic E-state index is 0.123. The molecule has 0 saturated carbocycles. The van der Waals surface area contributed by atoms with Crippen LogP contribution in [0.4, 0.5) is 5.69 Å². The molecule has 2 rings (SSSR count). The van der Waals surface area contributed by atoms with Crippen molar-refractivity contribution in [3.05, 3.63) is 29.3 Å². The molecule has 0 bridgehead atoms.